The van der Waals surface area contributed by atoms with Gasteiger partial charge in [-0.2, -0.15) is 5.26 Å². The van der Waals surface area contributed by atoms with Crippen LogP contribution in [0, 0.1) is 11.3 Å². The Bertz CT molecular complexity index is 390. The molecule has 0 unspecified atom stereocenters. The Morgan fingerprint density at radius 2 is 2.06 bits per heavy atom. The van der Waals surface area contributed by atoms with Crippen LogP contribution in [-0.4, -0.2) is 36.3 Å². The SMILES string of the molecule is COc1ccc([C@H](C#N)N2CC(O)C2)cc1. The molecular weight excluding hydrogens is 204 g/mol. The highest BCUT2D eigenvalue weighted by atomic mass is 16.5. The summed E-state index contributed by atoms with van der Waals surface area (Å²) in [4.78, 5) is 1.95. The fourth-order valence-electron chi connectivity index (χ4n) is 1.85. The standard InChI is InChI=1S/C12H14N2O2/c1-16-11-4-2-9(3-5-11)12(6-13)14-7-10(15)8-14/h2-5,10,12,15H,7-8H2,1H3/t12-/m0/s1. The van der Waals surface area contributed by atoms with Crippen LogP contribution in [0.15, 0.2) is 24.3 Å². The monoisotopic (exact) mass is 218 g/mol. The molecule has 0 saturated carbocycles. The van der Waals surface area contributed by atoms with Crippen molar-refractivity contribution < 1.29 is 9.84 Å². The Balaban J connectivity index is 2.11. The van der Waals surface area contributed by atoms with E-state index in [2.05, 4.69) is 6.07 Å². The maximum atomic E-state index is 9.22. The van der Waals surface area contributed by atoms with Gasteiger partial charge in [-0.25, -0.2) is 0 Å². The van der Waals surface area contributed by atoms with E-state index in [1.807, 2.05) is 29.2 Å². The zero-order valence-corrected chi connectivity index (χ0v) is 9.13. The van der Waals surface area contributed by atoms with Gasteiger partial charge in [0.15, 0.2) is 0 Å². The van der Waals surface area contributed by atoms with Gasteiger partial charge in [0, 0.05) is 13.1 Å². The lowest BCUT2D eigenvalue weighted by atomic mass is 10.0. The summed E-state index contributed by atoms with van der Waals surface area (Å²) in [5, 5.41) is 18.3. The molecule has 2 rings (SSSR count). The van der Waals surface area contributed by atoms with Crippen molar-refractivity contribution in [3.63, 3.8) is 0 Å². The van der Waals surface area contributed by atoms with E-state index in [1.54, 1.807) is 7.11 Å². The molecule has 0 spiro atoms. The van der Waals surface area contributed by atoms with Gasteiger partial charge in [-0.05, 0) is 17.7 Å². The number of aliphatic hydroxyl groups excluding tert-OH is 1. The highest BCUT2D eigenvalue weighted by molar-refractivity contribution is 5.32. The molecule has 0 aliphatic carbocycles. The Kier molecular flexibility index (Phi) is 3.09. The molecule has 1 aliphatic heterocycles. The first-order chi connectivity index (χ1) is 7.74. The van der Waals surface area contributed by atoms with Crippen molar-refractivity contribution in [2.24, 2.45) is 0 Å². The van der Waals surface area contributed by atoms with Crippen molar-refractivity contribution in [3.8, 4) is 11.8 Å². The fourth-order valence-corrected chi connectivity index (χ4v) is 1.85. The molecular formula is C12H14N2O2. The van der Waals surface area contributed by atoms with Gasteiger partial charge in [-0.1, -0.05) is 12.1 Å². The van der Waals surface area contributed by atoms with Crippen LogP contribution in [0.25, 0.3) is 0 Å². The van der Waals surface area contributed by atoms with E-state index >= 15 is 0 Å². The van der Waals surface area contributed by atoms with E-state index in [9.17, 15) is 5.11 Å². The van der Waals surface area contributed by atoms with E-state index in [1.165, 1.54) is 0 Å². The van der Waals surface area contributed by atoms with Gasteiger partial charge in [-0.15, -0.1) is 0 Å². The number of nitrogens with zero attached hydrogens (tertiary/aromatic N) is 2. The van der Waals surface area contributed by atoms with Crippen LogP contribution in [0.2, 0.25) is 0 Å². The molecule has 1 heterocycles. The Morgan fingerprint density at radius 3 is 2.50 bits per heavy atom. The molecule has 0 amide bonds. The Morgan fingerprint density at radius 1 is 1.44 bits per heavy atom. The first-order valence-electron chi connectivity index (χ1n) is 5.20. The topological polar surface area (TPSA) is 56.5 Å². The zero-order valence-electron chi connectivity index (χ0n) is 9.13. The second-order valence-electron chi connectivity index (χ2n) is 3.91. The van der Waals surface area contributed by atoms with Crippen LogP contribution in [-0.2, 0) is 0 Å². The molecule has 1 aromatic rings. The summed E-state index contributed by atoms with van der Waals surface area (Å²) in [6.45, 7) is 1.15. The number of aliphatic hydroxyl groups is 1. The van der Waals surface area contributed by atoms with E-state index in [0.29, 0.717) is 13.1 Å². The van der Waals surface area contributed by atoms with Gasteiger partial charge in [0.25, 0.3) is 0 Å². The molecule has 1 aliphatic rings. The largest absolute Gasteiger partial charge is 0.497 e. The minimum atomic E-state index is -0.283. The highest BCUT2D eigenvalue weighted by Gasteiger charge is 2.31. The Labute approximate surface area is 94.7 Å². The smallest absolute Gasteiger partial charge is 0.124 e. The molecule has 16 heavy (non-hydrogen) atoms. The molecule has 4 nitrogen and oxygen atoms in total. The lowest BCUT2D eigenvalue weighted by Crippen LogP contribution is -2.51. The van der Waals surface area contributed by atoms with Gasteiger partial charge in [0.2, 0.25) is 0 Å². The van der Waals surface area contributed by atoms with E-state index in [0.717, 1.165) is 11.3 Å². The number of methoxy groups -OCH3 is 1. The number of likely N-dealkylation sites (tertiary alicyclic amines) is 1. The first kappa shape index (κ1) is 10.9. The van der Waals surface area contributed by atoms with Gasteiger partial charge in [-0.3, -0.25) is 4.90 Å². The minimum Gasteiger partial charge on any atom is -0.497 e. The van der Waals surface area contributed by atoms with E-state index in [-0.39, 0.29) is 12.1 Å². The minimum absolute atomic E-state index is 0.269. The van der Waals surface area contributed by atoms with Gasteiger partial charge in [0.1, 0.15) is 11.8 Å². The van der Waals surface area contributed by atoms with Crippen LogP contribution >= 0.6 is 0 Å². The van der Waals surface area contributed by atoms with Crippen LogP contribution < -0.4 is 4.74 Å². The summed E-state index contributed by atoms with van der Waals surface area (Å²) in [7, 11) is 1.61. The number of nitriles is 1. The molecule has 1 atom stereocenters. The lowest BCUT2D eigenvalue weighted by Gasteiger charge is -2.38. The quantitative estimate of drug-likeness (QED) is 0.820. The normalized spacial score (nSPS) is 18.6. The predicted molar refractivity (Wildman–Crippen MR) is 58.9 cm³/mol. The zero-order chi connectivity index (χ0) is 11.5. The molecule has 1 N–H and O–H groups in total. The van der Waals surface area contributed by atoms with Crippen molar-refractivity contribution in [3.05, 3.63) is 29.8 Å². The fraction of sp³-hybridized carbons (Fsp3) is 0.417. The summed E-state index contributed by atoms with van der Waals surface area (Å²) in [5.41, 5.74) is 0.940. The summed E-state index contributed by atoms with van der Waals surface area (Å²) < 4.78 is 5.06. The number of hydrogen-bond donors (Lipinski definition) is 1. The van der Waals surface area contributed by atoms with Crippen molar-refractivity contribution in [1.82, 2.24) is 4.90 Å². The molecule has 0 bridgehead atoms. The molecule has 84 valence electrons. The molecule has 1 saturated heterocycles. The van der Waals surface area contributed by atoms with Crippen molar-refractivity contribution >= 4 is 0 Å². The number of hydrogen-bond acceptors (Lipinski definition) is 4. The third kappa shape index (κ3) is 2.01. The lowest BCUT2D eigenvalue weighted by molar-refractivity contribution is -0.0127. The highest BCUT2D eigenvalue weighted by Crippen LogP contribution is 2.26. The average molecular weight is 218 g/mol. The number of rotatable bonds is 3. The second kappa shape index (κ2) is 4.52. The first-order valence-corrected chi connectivity index (χ1v) is 5.20. The maximum absolute atomic E-state index is 9.22. The Hall–Kier alpha value is -1.57. The van der Waals surface area contributed by atoms with Gasteiger partial charge < -0.3 is 9.84 Å². The van der Waals surface area contributed by atoms with Crippen LogP contribution in [0.3, 0.4) is 0 Å². The van der Waals surface area contributed by atoms with Crippen LogP contribution in [0.4, 0.5) is 0 Å². The predicted octanol–water partition coefficient (Wildman–Crippen LogP) is 0.936. The van der Waals surface area contributed by atoms with Crippen molar-refractivity contribution in [2.75, 3.05) is 20.2 Å². The van der Waals surface area contributed by atoms with Crippen molar-refractivity contribution in [2.45, 2.75) is 12.1 Å². The number of benzene rings is 1. The third-order valence-electron chi connectivity index (χ3n) is 2.81. The summed E-state index contributed by atoms with van der Waals surface area (Å²) >= 11 is 0. The molecule has 4 heteroatoms. The average Bonchev–Trinajstić information content (AvgIpc) is 2.28. The van der Waals surface area contributed by atoms with E-state index < -0.39 is 0 Å². The molecule has 0 aromatic heterocycles. The molecule has 1 fully saturated rings. The summed E-state index contributed by atoms with van der Waals surface area (Å²) in [6, 6.07) is 9.44. The second-order valence-corrected chi connectivity index (χ2v) is 3.91. The number of ether oxygens (including phenoxy) is 1. The molecule has 0 radical (unpaired) electrons. The van der Waals surface area contributed by atoms with Crippen molar-refractivity contribution in [1.29, 1.82) is 5.26 Å². The maximum Gasteiger partial charge on any atom is 0.124 e. The van der Waals surface area contributed by atoms with E-state index in [4.69, 9.17) is 10.00 Å². The van der Waals surface area contributed by atoms with Gasteiger partial charge in [0.05, 0.1) is 19.3 Å². The number of β-amino-alcohol motifs (C(OH)–C–C–N with tert-alkyl or cyclic N) is 1. The third-order valence-corrected chi connectivity index (χ3v) is 2.81. The van der Waals surface area contributed by atoms with Crippen LogP contribution in [0.5, 0.6) is 5.75 Å². The summed E-state index contributed by atoms with van der Waals surface area (Å²) in [5.74, 6) is 0.782. The van der Waals surface area contributed by atoms with Crippen LogP contribution in [0.1, 0.15) is 11.6 Å². The summed E-state index contributed by atoms with van der Waals surface area (Å²) in [6.07, 6.45) is -0.283. The molecule has 1 aromatic carbocycles. The van der Waals surface area contributed by atoms with Gasteiger partial charge >= 0.3 is 0 Å².